The minimum Gasteiger partial charge on any atom is -0.496 e. The number of nitrogens with zero attached hydrogens (tertiary/aromatic N) is 3. The SMILES string of the molecule is COc1cc(OC(=O)c2ccco2)ccc1/C=N\Nc1nc(C)cc(C)n1. The summed E-state index contributed by atoms with van der Waals surface area (Å²) in [7, 11) is 1.52. The third kappa shape index (κ3) is 4.69. The quantitative estimate of drug-likeness (QED) is 0.309. The first-order chi connectivity index (χ1) is 13.0. The second-order valence-electron chi connectivity index (χ2n) is 5.61. The Labute approximate surface area is 155 Å². The van der Waals surface area contributed by atoms with E-state index in [1.807, 2.05) is 19.9 Å². The lowest BCUT2D eigenvalue weighted by atomic mass is 10.2. The van der Waals surface area contributed by atoms with Gasteiger partial charge in [0.2, 0.25) is 11.7 Å². The van der Waals surface area contributed by atoms with Crippen LogP contribution in [0.1, 0.15) is 27.5 Å². The zero-order valence-corrected chi connectivity index (χ0v) is 15.1. The van der Waals surface area contributed by atoms with Gasteiger partial charge in [0.25, 0.3) is 0 Å². The number of carbonyl (C=O) groups excluding carboxylic acids is 1. The van der Waals surface area contributed by atoms with Crippen molar-refractivity contribution >= 4 is 18.1 Å². The monoisotopic (exact) mass is 366 g/mol. The number of aromatic nitrogens is 2. The van der Waals surface area contributed by atoms with E-state index in [-0.39, 0.29) is 5.76 Å². The number of aryl methyl sites for hydroxylation is 2. The van der Waals surface area contributed by atoms with Crippen molar-refractivity contribution in [1.82, 2.24) is 9.97 Å². The van der Waals surface area contributed by atoms with Crippen molar-refractivity contribution in [1.29, 1.82) is 0 Å². The number of furan rings is 1. The summed E-state index contributed by atoms with van der Waals surface area (Å²) >= 11 is 0. The van der Waals surface area contributed by atoms with E-state index < -0.39 is 5.97 Å². The van der Waals surface area contributed by atoms with Gasteiger partial charge in [0, 0.05) is 23.0 Å². The maximum absolute atomic E-state index is 11.9. The smallest absolute Gasteiger partial charge is 0.379 e. The molecular formula is C19H18N4O4. The van der Waals surface area contributed by atoms with Crippen LogP contribution < -0.4 is 14.9 Å². The molecular weight excluding hydrogens is 348 g/mol. The molecule has 0 aliphatic heterocycles. The van der Waals surface area contributed by atoms with Crippen molar-refractivity contribution < 1.29 is 18.7 Å². The fourth-order valence-corrected chi connectivity index (χ4v) is 2.35. The number of carbonyl (C=O) groups is 1. The number of hydrogen-bond donors (Lipinski definition) is 1. The summed E-state index contributed by atoms with van der Waals surface area (Å²) < 4.78 is 15.6. The van der Waals surface area contributed by atoms with Gasteiger partial charge >= 0.3 is 5.97 Å². The van der Waals surface area contributed by atoms with Gasteiger partial charge in [-0.05, 0) is 44.2 Å². The number of rotatable bonds is 6. The number of ether oxygens (including phenoxy) is 2. The normalized spacial score (nSPS) is 10.8. The fourth-order valence-electron chi connectivity index (χ4n) is 2.35. The van der Waals surface area contributed by atoms with Gasteiger partial charge in [-0.15, -0.1) is 0 Å². The number of anilines is 1. The van der Waals surface area contributed by atoms with Gasteiger partial charge in [-0.3, -0.25) is 0 Å². The highest BCUT2D eigenvalue weighted by atomic mass is 16.5. The van der Waals surface area contributed by atoms with Crippen molar-refractivity contribution in [3.8, 4) is 11.5 Å². The van der Waals surface area contributed by atoms with E-state index in [0.717, 1.165) is 11.4 Å². The lowest BCUT2D eigenvalue weighted by Crippen LogP contribution is -2.07. The van der Waals surface area contributed by atoms with Gasteiger partial charge in [-0.1, -0.05) is 0 Å². The van der Waals surface area contributed by atoms with Crippen LogP contribution in [0.3, 0.4) is 0 Å². The van der Waals surface area contributed by atoms with Crippen LogP contribution in [0.25, 0.3) is 0 Å². The molecule has 1 N–H and O–H groups in total. The zero-order valence-electron chi connectivity index (χ0n) is 15.1. The molecule has 0 aliphatic rings. The average molecular weight is 366 g/mol. The molecule has 0 saturated heterocycles. The van der Waals surface area contributed by atoms with Crippen LogP contribution in [0.2, 0.25) is 0 Å². The molecule has 0 aliphatic carbocycles. The number of nitrogens with one attached hydrogen (secondary N) is 1. The van der Waals surface area contributed by atoms with E-state index in [1.54, 1.807) is 30.5 Å². The number of benzene rings is 1. The third-order valence-electron chi connectivity index (χ3n) is 3.49. The minimum atomic E-state index is -0.586. The van der Waals surface area contributed by atoms with E-state index in [9.17, 15) is 4.79 Å². The highest BCUT2D eigenvalue weighted by molar-refractivity contribution is 5.89. The van der Waals surface area contributed by atoms with Crippen molar-refractivity contribution in [3.05, 3.63) is 65.4 Å². The molecule has 138 valence electrons. The number of methoxy groups -OCH3 is 1. The Balaban J connectivity index is 1.71. The molecule has 0 bridgehead atoms. The van der Waals surface area contributed by atoms with Gasteiger partial charge in [0.1, 0.15) is 11.5 Å². The summed E-state index contributed by atoms with van der Waals surface area (Å²) in [5, 5.41) is 4.13. The van der Waals surface area contributed by atoms with Crippen LogP contribution in [0.4, 0.5) is 5.95 Å². The van der Waals surface area contributed by atoms with E-state index in [1.165, 1.54) is 19.4 Å². The molecule has 0 radical (unpaired) electrons. The van der Waals surface area contributed by atoms with E-state index >= 15 is 0 Å². The van der Waals surface area contributed by atoms with Crippen molar-refractivity contribution in [3.63, 3.8) is 0 Å². The lowest BCUT2D eigenvalue weighted by Gasteiger charge is -2.08. The fraction of sp³-hybridized carbons (Fsp3) is 0.158. The maximum atomic E-state index is 11.9. The Bertz CT molecular complexity index is 948. The third-order valence-corrected chi connectivity index (χ3v) is 3.49. The molecule has 1 aromatic carbocycles. The topological polar surface area (TPSA) is 98.8 Å². The van der Waals surface area contributed by atoms with Gasteiger partial charge < -0.3 is 13.9 Å². The second kappa shape index (κ2) is 8.13. The Morgan fingerprint density at radius 1 is 1.19 bits per heavy atom. The summed E-state index contributed by atoms with van der Waals surface area (Å²) in [6.07, 6.45) is 2.97. The van der Waals surface area contributed by atoms with Gasteiger partial charge in [0.05, 0.1) is 19.6 Å². The molecule has 2 aromatic heterocycles. The molecule has 8 heteroatoms. The Hall–Kier alpha value is -3.68. The van der Waals surface area contributed by atoms with Gasteiger partial charge in [0.15, 0.2) is 0 Å². The Morgan fingerprint density at radius 2 is 1.96 bits per heavy atom. The van der Waals surface area contributed by atoms with Crippen LogP contribution in [0, 0.1) is 13.8 Å². The van der Waals surface area contributed by atoms with Gasteiger partial charge in [-0.2, -0.15) is 5.10 Å². The van der Waals surface area contributed by atoms with E-state index in [2.05, 4.69) is 20.5 Å². The summed E-state index contributed by atoms with van der Waals surface area (Å²) in [6, 6.07) is 9.97. The van der Waals surface area contributed by atoms with Gasteiger partial charge in [-0.25, -0.2) is 20.2 Å². The first kappa shape index (κ1) is 18.1. The summed E-state index contributed by atoms with van der Waals surface area (Å²) in [4.78, 5) is 20.4. The summed E-state index contributed by atoms with van der Waals surface area (Å²) in [5.41, 5.74) is 5.17. The predicted octanol–water partition coefficient (Wildman–Crippen LogP) is 3.36. The standard InChI is InChI=1S/C19H18N4O4/c1-12-9-13(2)22-19(21-12)23-20-11-14-6-7-15(10-17(14)25-3)27-18(24)16-5-4-8-26-16/h4-11H,1-3H3,(H,21,22,23)/b20-11-. The molecule has 8 nitrogen and oxygen atoms in total. The van der Waals surface area contributed by atoms with Crippen LogP contribution in [-0.2, 0) is 0 Å². The van der Waals surface area contributed by atoms with E-state index in [0.29, 0.717) is 23.0 Å². The summed E-state index contributed by atoms with van der Waals surface area (Å²) in [6.45, 7) is 3.77. The molecule has 3 aromatic rings. The maximum Gasteiger partial charge on any atom is 0.379 e. The van der Waals surface area contributed by atoms with Crippen molar-refractivity contribution in [2.45, 2.75) is 13.8 Å². The lowest BCUT2D eigenvalue weighted by molar-refractivity contribution is 0.0701. The largest absolute Gasteiger partial charge is 0.496 e. The average Bonchev–Trinajstić information content (AvgIpc) is 3.16. The molecule has 0 unspecified atom stereocenters. The molecule has 0 spiro atoms. The minimum absolute atomic E-state index is 0.122. The first-order valence-electron chi connectivity index (χ1n) is 8.10. The van der Waals surface area contributed by atoms with Crippen LogP contribution in [0.15, 0.2) is 52.2 Å². The molecule has 3 rings (SSSR count). The molecule has 27 heavy (non-hydrogen) atoms. The molecule has 0 fully saturated rings. The van der Waals surface area contributed by atoms with E-state index in [4.69, 9.17) is 13.9 Å². The highest BCUT2D eigenvalue weighted by Gasteiger charge is 2.12. The Morgan fingerprint density at radius 3 is 2.63 bits per heavy atom. The molecule has 0 saturated carbocycles. The number of hydrogen-bond acceptors (Lipinski definition) is 8. The van der Waals surface area contributed by atoms with Crippen molar-refractivity contribution in [2.75, 3.05) is 12.5 Å². The van der Waals surface area contributed by atoms with Crippen LogP contribution in [-0.4, -0.2) is 29.3 Å². The molecule has 2 heterocycles. The molecule has 0 atom stereocenters. The number of esters is 1. The first-order valence-corrected chi connectivity index (χ1v) is 8.10. The van der Waals surface area contributed by atoms with Crippen LogP contribution in [0.5, 0.6) is 11.5 Å². The highest BCUT2D eigenvalue weighted by Crippen LogP contribution is 2.24. The van der Waals surface area contributed by atoms with Crippen LogP contribution >= 0.6 is 0 Å². The molecule has 0 amide bonds. The Kier molecular flexibility index (Phi) is 5.46. The number of hydrazone groups is 1. The van der Waals surface area contributed by atoms with Crippen molar-refractivity contribution in [2.24, 2.45) is 5.10 Å². The second-order valence-corrected chi connectivity index (χ2v) is 5.61. The predicted molar refractivity (Wildman–Crippen MR) is 99.4 cm³/mol. The zero-order chi connectivity index (χ0) is 19.2. The summed E-state index contributed by atoms with van der Waals surface area (Å²) in [5.74, 6) is 0.767.